The number of nitrogens with two attached hydrogens (primary N) is 1. The number of hydrazine groups is 1. The SMILES string of the molecule is NN1CC[C@H](C(=O)CN(CCO)CCO)C1. The quantitative estimate of drug-likeness (QED) is 0.441. The first-order valence-electron chi connectivity index (χ1n) is 5.63. The van der Waals surface area contributed by atoms with Crippen molar-refractivity contribution in [3.8, 4) is 0 Å². The lowest BCUT2D eigenvalue weighted by molar-refractivity contribution is -0.123. The Morgan fingerprint density at radius 2 is 2.00 bits per heavy atom. The highest BCUT2D eigenvalue weighted by atomic mass is 16.3. The third-order valence-electron chi connectivity index (χ3n) is 2.89. The van der Waals surface area contributed by atoms with Crippen molar-refractivity contribution in [3.05, 3.63) is 0 Å². The van der Waals surface area contributed by atoms with E-state index < -0.39 is 0 Å². The summed E-state index contributed by atoms with van der Waals surface area (Å²) in [7, 11) is 0. The topological polar surface area (TPSA) is 90.0 Å². The van der Waals surface area contributed by atoms with Crippen LogP contribution in [0, 0.1) is 5.92 Å². The second-order valence-electron chi connectivity index (χ2n) is 4.17. The van der Waals surface area contributed by atoms with Crippen molar-refractivity contribution < 1.29 is 15.0 Å². The Morgan fingerprint density at radius 3 is 2.44 bits per heavy atom. The lowest BCUT2D eigenvalue weighted by Gasteiger charge is -2.20. The van der Waals surface area contributed by atoms with Crippen LogP contribution in [0.15, 0.2) is 0 Å². The molecule has 1 aliphatic heterocycles. The minimum atomic E-state index is 0.000953. The van der Waals surface area contributed by atoms with E-state index in [1.165, 1.54) is 0 Å². The molecule has 94 valence electrons. The molecular formula is C10H21N3O3. The maximum absolute atomic E-state index is 11.9. The van der Waals surface area contributed by atoms with Crippen LogP contribution < -0.4 is 5.84 Å². The summed E-state index contributed by atoms with van der Waals surface area (Å²) in [6.07, 6.45) is 0.807. The molecule has 1 aliphatic rings. The molecule has 1 saturated heterocycles. The number of aliphatic hydroxyl groups is 2. The molecule has 0 radical (unpaired) electrons. The minimum Gasteiger partial charge on any atom is -0.395 e. The third kappa shape index (κ3) is 4.15. The van der Waals surface area contributed by atoms with Gasteiger partial charge >= 0.3 is 0 Å². The number of hydrogen-bond acceptors (Lipinski definition) is 6. The van der Waals surface area contributed by atoms with Crippen molar-refractivity contribution in [2.45, 2.75) is 6.42 Å². The predicted octanol–water partition coefficient (Wildman–Crippen LogP) is -1.96. The first-order chi connectivity index (χ1) is 7.67. The summed E-state index contributed by atoms with van der Waals surface area (Å²) in [5, 5.41) is 19.3. The fourth-order valence-electron chi connectivity index (χ4n) is 1.95. The highest BCUT2D eigenvalue weighted by Crippen LogP contribution is 2.14. The van der Waals surface area contributed by atoms with Crippen molar-refractivity contribution in [3.63, 3.8) is 0 Å². The fourth-order valence-corrected chi connectivity index (χ4v) is 1.95. The molecule has 0 amide bonds. The molecule has 1 atom stereocenters. The van der Waals surface area contributed by atoms with Gasteiger partial charge in [0, 0.05) is 32.1 Å². The molecule has 6 heteroatoms. The van der Waals surface area contributed by atoms with E-state index in [2.05, 4.69) is 0 Å². The number of carbonyl (C=O) groups is 1. The normalized spacial score (nSPS) is 21.9. The van der Waals surface area contributed by atoms with Crippen molar-refractivity contribution in [1.29, 1.82) is 0 Å². The van der Waals surface area contributed by atoms with E-state index in [-0.39, 0.29) is 24.9 Å². The van der Waals surface area contributed by atoms with Gasteiger partial charge in [-0.1, -0.05) is 0 Å². The van der Waals surface area contributed by atoms with Crippen LogP contribution in [-0.2, 0) is 4.79 Å². The number of hydrogen-bond donors (Lipinski definition) is 3. The van der Waals surface area contributed by atoms with Crippen LogP contribution in [0.1, 0.15) is 6.42 Å². The van der Waals surface area contributed by atoms with Crippen LogP contribution in [0.5, 0.6) is 0 Å². The van der Waals surface area contributed by atoms with Crippen molar-refractivity contribution in [2.24, 2.45) is 11.8 Å². The van der Waals surface area contributed by atoms with E-state index in [1.54, 1.807) is 9.91 Å². The van der Waals surface area contributed by atoms with Crippen LogP contribution in [-0.4, -0.2) is 71.8 Å². The summed E-state index contributed by atoms with van der Waals surface area (Å²) in [6, 6.07) is 0. The number of Topliss-reactive ketones (excluding diaryl/α,β-unsaturated/α-hetero) is 1. The molecule has 0 unspecified atom stereocenters. The van der Waals surface area contributed by atoms with Gasteiger partial charge in [-0.3, -0.25) is 15.5 Å². The first kappa shape index (κ1) is 13.5. The average molecular weight is 231 g/mol. The van der Waals surface area contributed by atoms with Crippen LogP contribution in [0.3, 0.4) is 0 Å². The minimum absolute atomic E-state index is 0.000953. The fraction of sp³-hybridized carbons (Fsp3) is 0.900. The maximum Gasteiger partial charge on any atom is 0.151 e. The second kappa shape index (κ2) is 6.93. The Hall–Kier alpha value is -0.530. The van der Waals surface area contributed by atoms with E-state index in [1.807, 2.05) is 0 Å². The molecule has 1 rings (SSSR count). The van der Waals surface area contributed by atoms with Gasteiger partial charge in [0.1, 0.15) is 0 Å². The number of ketones is 1. The highest BCUT2D eigenvalue weighted by Gasteiger charge is 2.27. The number of aliphatic hydroxyl groups excluding tert-OH is 2. The second-order valence-corrected chi connectivity index (χ2v) is 4.17. The third-order valence-corrected chi connectivity index (χ3v) is 2.89. The predicted molar refractivity (Wildman–Crippen MR) is 59.5 cm³/mol. The van der Waals surface area contributed by atoms with Gasteiger partial charge in [-0.15, -0.1) is 0 Å². The molecule has 6 nitrogen and oxygen atoms in total. The lowest BCUT2D eigenvalue weighted by Crippen LogP contribution is -2.38. The van der Waals surface area contributed by atoms with E-state index in [0.717, 1.165) is 13.0 Å². The molecule has 16 heavy (non-hydrogen) atoms. The number of carbonyl (C=O) groups excluding carboxylic acids is 1. The Balaban J connectivity index is 2.35. The van der Waals surface area contributed by atoms with Crippen LogP contribution in [0.4, 0.5) is 0 Å². The van der Waals surface area contributed by atoms with Gasteiger partial charge in [0.15, 0.2) is 5.78 Å². The maximum atomic E-state index is 11.9. The molecule has 0 aromatic rings. The van der Waals surface area contributed by atoms with Crippen molar-refractivity contribution in [1.82, 2.24) is 9.91 Å². The van der Waals surface area contributed by atoms with Crippen LogP contribution >= 0.6 is 0 Å². The Morgan fingerprint density at radius 1 is 1.38 bits per heavy atom. The Kier molecular flexibility index (Phi) is 5.86. The summed E-state index contributed by atoms with van der Waals surface area (Å²) in [5.41, 5.74) is 0. The lowest BCUT2D eigenvalue weighted by atomic mass is 10.0. The molecule has 0 aromatic carbocycles. The molecule has 4 N–H and O–H groups in total. The smallest absolute Gasteiger partial charge is 0.151 e. The van der Waals surface area contributed by atoms with Gasteiger partial charge in [-0.25, -0.2) is 5.01 Å². The van der Waals surface area contributed by atoms with Crippen molar-refractivity contribution >= 4 is 5.78 Å². The average Bonchev–Trinajstić information content (AvgIpc) is 2.65. The number of nitrogens with zero attached hydrogens (tertiary/aromatic N) is 2. The summed E-state index contributed by atoms with van der Waals surface area (Å²) < 4.78 is 0. The molecule has 0 saturated carbocycles. The zero-order valence-corrected chi connectivity index (χ0v) is 9.51. The largest absolute Gasteiger partial charge is 0.395 e. The molecule has 0 bridgehead atoms. The molecule has 0 spiro atoms. The summed E-state index contributed by atoms with van der Waals surface area (Å²) >= 11 is 0. The summed E-state index contributed by atoms with van der Waals surface area (Å²) in [6.45, 7) is 2.51. The first-order valence-corrected chi connectivity index (χ1v) is 5.63. The van der Waals surface area contributed by atoms with E-state index in [9.17, 15) is 4.79 Å². The highest BCUT2D eigenvalue weighted by molar-refractivity contribution is 5.83. The molecular weight excluding hydrogens is 210 g/mol. The molecule has 1 fully saturated rings. The van der Waals surface area contributed by atoms with Gasteiger partial charge in [-0.2, -0.15) is 0 Å². The molecule has 0 aromatic heterocycles. The van der Waals surface area contributed by atoms with Gasteiger partial charge in [-0.05, 0) is 6.42 Å². The molecule has 1 heterocycles. The van der Waals surface area contributed by atoms with Gasteiger partial charge < -0.3 is 10.2 Å². The van der Waals surface area contributed by atoms with Crippen LogP contribution in [0.25, 0.3) is 0 Å². The van der Waals surface area contributed by atoms with Gasteiger partial charge in [0.25, 0.3) is 0 Å². The van der Waals surface area contributed by atoms with Gasteiger partial charge in [0.05, 0.1) is 19.8 Å². The monoisotopic (exact) mass is 231 g/mol. The van der Waals surface area contributed by atoms with E-state index >= 15 is 0 Å². The Bertz CT molecular complexity index is 219. The number of rotatable bonds is 7. The Labute approximate surface area is 95.6 Å². The summed E-state index contributed by atoms with van der Waals surface area (Å²) in [5.74, 6) is 5.75. The van der Waals surface area contributed by atoms with Crippen molar-refractivity contribution in [2.75, 3.05) is 45.9 Å². The molecule has 0 aliphatic carbocycles. The van der Waals surface area contributed by atoms with E-state index in [4.69, 9.17) is 16.1 Å². The van der Waals surface area contributed by atoms with E-state index in [0.29, 0.717) is 26.2 Å². The summed E-state index contributed by atoms with van der Waals surface area (Å²) in [4.78, 5) is 13.6. The van der Waals surface area contributed by atoms with Gasteiger partial charge in [0.2, 0.25) is 0 Å². The standard InChI is InChI=1S/C10H21N3O3/c11-13-2-1-9(7-13)10(16)8-12(3-5-14)4-6-15/h9,14-15H,1-8,11H2/t9-/m0/s1. The zero-order chi connectivity index (χ0) is 12.0. The zero-order valence-electron chi connectivity index (χ0n) is 9.51. The van der Waals surface area contributed by atoms with Crippen LogP contribution in [0.2, 0.25) is 0 Å².